The van der Waals surface area contributed by atoms with E-state index in [1.165, 1.54) is 4.90 Å². The van der Waals surface area contributed by atoms with Crippen LogP contribution in [-0.2, 0) is 10.3 Å². The van der Waals surface area contributed by atoms with Crippen LogP contribution in [0.1, 0.15) is 18.9 Å². The summed E-state index contributed by atoms with van der Waals surface area (Å²) in [6.45, 7) is 5.42. The number of hydrogen-bond acceptors (Lipinski definition) is 4. The summed E-state index contributed by atoms with van der Waals surface area (Å²) < 4.78 is 0. The van der Waals surface area contributed by atoms with Crippen LogP contribution in [-0.4, -0.2) is 54.6 Å². The van der Waals surface area contributed by atoms with E-state index in [-0.39, 0.29) is 11.9 Å². The van der Waals surface area contributed by atoms with Crippen molar-refractivity contribution in [1.82, 2.24) is 15.1 Å². The molecule has 152 valence electrons. The Morgan fingerprint density at radius 2 is 1.72 bits per heavy atom. The molecule has 2 aliphatic heterocycles. The standard InChI is InChI=1S/C22H25ClN4O2/c1-2-22(17-7-4-3-5-8-17)20(28)27(21(29)24-22)16-25-11-13-26(14-12-25)19-10-6-9-18(23)15-19/h3-10,15H,2,11-14,16H2,1H3,(H,24,29)/t22-/m0/s1. The van der Waals surface area contributed by atoms with Crippen molar-refractivity contribution in [3.8, 4) is 0 Å². The van der Waals surface area contributed by atoms with Crippen LogP contribution >= 0.6 is 11.6 Å². The number of carbonyl (C=O) groups is 2. The Labute approximate surface area is 176 Å². The summed E-state index contributed by atoms with van der Waals surface area (Å²) in [6.07, 6.45) is 0.515. The molecule has 0 bridgehead atoms. The number of urea groups is 1. The summed E-state index contributed by atoms with van der Waals surface area (Å²) in [5.41, 5.74) is 0.955. The molecule has 0 aromatic heterocycles. The first-order valence-corrected chi connectivity index (χ1v) is 10.3. The summed E-state index contributed by atoms with van der Waals surface area (Å²) in [4.78, 5) is 31.7. The van der Waals surface area contributed by atoms with Gasteiger partial charge in [-0.25, -0.2) is 9.69 Å². The van der Waals surface area contributed by atoms with Gasteiger partial charge in [-0.3, -0.25) is 9.69 Å². The van der Waals surface area contributed by atoms with E-state index < -0.39 is 5.54 Å². The van der Waals surface area contributed by atoms with Gasteiger partial charge in [0.25, 0.3) is 5.91 Å². The highest BCUT2D eigenvalue weighted by Crippen LogP contribution is 2.32. The molecular weight excluding hydrogens is 388 g/mol. The number of carbonyl (C=O) groups excluding carboxylic acids is 2. The maximum absolute atomic E-state index is 13.3. The van der Waals surface area contributed by atoms with Crippen molar-refractivity contribution in [2.45, 2.75) is 18.9 Å². The van der Waals surface area contributed by atoms with E-state index in [9.17, 15) is 9.59 Å². The fraction of sp³-hybridized carbons (Fsp3) is 0.364. The van der Waals surface area contributed by atoms with E-state index >= 15 is 0 Å². The van der Waals surface area contributed by atoms with Gasteiger partial charge in [0.15, 0.2) is 0 Å². The Morgan fingerprint density at radius 3 is 2.38 bits per heavy atom. The minimum absolute atomic E-state index is 0.173. The summed E-state index contributed by atoms with van der Waals surface area (Å²) in [6, 6.07) is 17.0. The summed E-state index contributed by atoms with van der Waals surface area (Å²) in [5, 5.41) is 3.67. The number of imide groups is 1. The summed E-state index contributed by atoms with van der Waals surface area (Å²) >= 11 is 6.10. The number of hydrogen-bond donors (Lipinski definition) is 1. The lowest BCUT2D eigenvalue weighted by atomic mass is 9.87. The molecular formula is C22H25ClN4O2. The molecule has 0 saturated carbocycles. The highest BCUT2D eigenvalue weighted by atomic mass is 35.5. The first kappa shape index (κ1) is 19.7. The zero-order valence-corrected chi connectivity index (χ0v) is 17.2. The molecule has 2 fully saturated rings. The smallest absolute Gasteiger partial charge is 0.326 e. The van der Waals surface area contributed by atoms with Gasteiger partial charge in [-0.05, 0) is 30.2 Å². The lowest BCUT2D eigenvalue weighted by Crippen LogP contribution is -2.51. The highest BCUT2D eigenvalue weighted by Gasteiger charge is 2.51. The third kappa shape index (κ3) is 3.70. The second-order valence-corrected chi connectivity index (χ2v) is 7.95. The van der Waals surface area contributed by atoms with E-state index in [1.807, 2.05) is 55.5 Å². The molecule has 2 aromatic carbocycles. The molecule has 2 saturated heterocycles. The average molecular weight is 413 g/mol. The maximum Gasteiger partial charge on any atom is 0.326 e. The number of rotatable bonds is 5. The molecule has 7 heteroatoms. The molecule has 29 heavy (non-hydrogen) atoms. The van der Waals surface area contributed by atoms with Crippen molar-refractivity contribution in [2.75, 3.05) is 37.7 Å². The zero-order valence-electron chi connectivity index (χ0n) is 16.5. The molecule has 2 heterocycles. The van der Waals surface area contributed by atoms with Gasteiger partial charge in [0.05, 0.1) is 6.67 Å². The topological polar surface area (TPSA) is 55.9 Å². The van der Waals surface area contributed by atoms with Gasteiger partial charge in [0, 0.05) is 36.9 Å². The Bertz CT molecular complexity index is 899. The Morgan fingerprint density at radius 1 is 1.00 bits per heavy atom. The molecule has 4 rings (SSSR count). The number of nitrogens with zero attached hydrogens (tertiary/aromatic N) is 3. The van der Waals surface area contributed by atoms with Crippen molar-refractivity contribution >= 4 is 29.2 Å². The van der Waals surface area contributed by atoms with Crippen LogP contribution < -0.4 is 10.2 Å². The molecule has 0 aliphatic carbocycles. The minimum Gasteiger partial charge on any atom is -0.369 e. The average Bonchev–Trinajstić information content (AvgIpc) is 3.00. The van der Waals surface area contributed by atoms with Crippen molar-refractivity contribution in [3.05, 3.63) is 65.2 Å². The van der Waals surface area contributed by atoms with Gasteiger partial charge in [0.1, 0.15) is 5.54 Å². The zero-order chi connectivity index (χ0) is 20.4. The SMILES string of the molecule is CC[C@@]1(c2ccccc2)NC(=O)N(CN2CCN(c3cccc(Cl)c3)CC2)C1=O. The van der Waals surface area contributed by atoms with Crippen LogP contribution in [0, 0.1) is 0 Å². The summed E-state index contributed by atoms with van der Waals surface area (Å²) in [5.74, 6) is -0.173. The van der Waals surface area contributed by atoms with Crippen LogP contribution in [0.4, 0.5) is 10.5 Å². The van der Waals surface area contributed by atoms with Gasteiger partial charge in [-0.1, -0.05) is 54.9 Å². The van der Waals surface area contributed by atoms with Crippen molar-refractivity contribution < 1.29 is 9.59 Å². The second-order valence-electron chi connectivity index (χ2n) is 7.51. The number of piperazine rings is 1. The van der Waals surface area contributed by atoms with E-state index in [2.05, 4.69) is 21.2 Å². The molecule has 1 atom stereocenters. The van der Waals surface area contributed by atoms with Crippen molar-refractivity contribution in [2.24, 2.45) is 0 Å². The number of anilines is 1. The molecule has 0 unspecified atom stereocenters. The first-order valence-electron chi connectivity index (χ1n) is 9.96. The fourth-order valence-corrected chi connectivity index (χ4v) is 4.32. The van der Waals surface area contributed by atoms with Crippen molar-refractivity contribution in [3.63, 3.8) is 0 Å². The number of amides is 3. The molecule has 0 spiro atoms. The molecule has 2 aliphatic rings. The van der Waals surface area contributed by atoms with Crippen LogP contribution in [0.3, 0.4) is 0 Å². The number of halogens is 1. The molecule has 0 radical (unpaired) electrons. The Balaban J connectivity index is 1.43. The molecule has 3 amide bonds. The van der Waals surface area contributed by atoms with E-state index in [1.54, 1.807) is 0 Å². The van der Waals surface area contributed by atoms with Gasteiger partial charge >= 0.3 is 6.03 Å². The predicted octanol–water partition coefficient (Wildman–Crippen LogP) is 3.28. The van der Waals surface area contributed by atoms with Crippen LogP contribution in [0.25, 0.3) is 0 Å². The normalized spacial score (nSPS) is 22.8. The van der Waals surface area contributed by atoms with Gasteiger partial charge < -0.3 is 10.2 Å². The number of nitrogens with one attached hydrogen (secondary N) is 1. The minimum atomic E-state index is -0.971. The molecule has 6 nitrogen and oxygen atoms in total. The van der Waals surface area contributed by atoms with Crippen LogP contribution in [0.2, 0.25) is 5.02 Å². The lowest BCUT2D eigenvalue weighted by Gasteiger charge is -2.37. The Hall–Kier alpha value is -2.57. The molecule has 2 aromatic rings. The van der Waals surface area contributed by atoms with Gasteiger partial charge in [0.2, 0.25) is 0 Å². The second kappa shape index (κ2) is 8.05. The van der Waals surface area contributed by atoms with Crippen LogP contribution in [0.15, 0.2) is 54.6 Å². The van der Waals surface area contributed by atoms with E-state index in [0.717, 1.165) is 42.5 Å². The third-order valence-corrected chi connectivity index (χ3v) is 6.09. The van der Waals surface area contributed by atoms with E-state index in [4.69, 9.17) is 11.6 Å². The molecule has 1 N–H and O–H groups in total. The lowest BCUT2D eigenvalue weighted by molar-refractivity contribution is -0.133. The largest absolute Gasteiger partial charge is 0.369 e. The summed E-state index contributed by atoms with van der Waals surface area (Å²) in [7, 11) is 0. The van der Waals surface area contributed by atoms with Crippen molar-refractivity contribution in [1.29, 1.82) is 0 Å². The third-order valence-electron chi connectivity index (χ3n) is 5.86. The predicted molar refractivity (Wildman–Crippen MR) is 114 cm³/mol. The maximum atomic E-state index is 13.3. The Kier molecular flexibility index (Phi) is 5.48. The fourth-order valence-electron chi connectivity index (χ4n) is 4.14. The van der Waals surface area contributed by atoms with Crippen LogP contribution in [0.5, 0.6) is 0 Å². The monoisotopic (exact) mass is 412 g/mol. The first-order chi connectivity index (χ1) is 14.0. The quantitative estimate of drug-likeness (QED) is 0.766. The van der Waals surface area contributed by atoms with E-state index in [0.29, 0.717) is 13.1 Å². The highest BCUT2D eigenvalue weighted by molar-refractivity contribution is 6.30. The van der Waals surface area contributed by atoms with Gasteiger partial charge in [-0.15, -0.1) is 0 Å². The number of benzene rings is 2. The van der Waals surface area contributed by atoms with Gasteiger partial charge in [-0.2, -0.15) is 0 Å².